The number of likely N-dealkylation sites (tertiary alicyclic amines) is 1. The van der Waals surface area contributed by atoms with Crippen molar-refractivity contribution < 1.29 is 23.9 Å². The van der Waals surface area contributed by atoms with Crippen molar-refractivity contribution in [3.63, 3.8) is 0 Å². The van der Waals surface area contributed by atoms with E-state index < -0.39 is 17.1 Å². The van der Waals surface area contributed by atoms with Gasteiger partial charge in [0, 0.05) is 23.9 Å². The summed E-state index contributed by atoms with van der Waals surface area (Å²) < 4.78 is 12.5. The molecule has 2 aromatic carbocycles. The molecule has 0 aliphatic carbocycles. The first kappa shape index (κ1) is 26.6. The average molecular weight is 580 g/mol. The largest absolute Gasteiger partial charge is 0.493 e. The topological polar surface area (TPSA) is 98.1 Å². The van der Waals surface area contributed by atoms with Crippen LogP contribution in [0.15, 0.2) is 58.4 Å². The second kappa shape index (κ2) is 10.8. The molecule has 208 valence electrons. The van der Waals surface area contributed by atoms with Crippen LogP contribution >= 0.6 is 23.1 Å². The van der Waals surface area contributed by atoms with Gasteiger partial charge >= 0.3 is 4.87 Å². The molecule has 3 aliphatic heterocycles. The molecule has 1 aromatic heterocycles. The third-order valence-corrected chi connectivity index (χ3v) is 10.4. The summed E-state index contributed by atoms with van der Waals surface area (Å²) in [5, 5.41) is -0.166. The summed E-state index contributed by atoms with van der Waals surface area (Å²) in [6.07, 6.45) is 3.00. The zero-order chi connectivity index (χ0) is 28.0. The number of anilines is 1. The molecule has 2 saturated heterocycles. The molecule has 0 N–H and O–H groups in total. The molecule has 2 fully saturated rings. The number of thiazole rings is 1. The summed E-state index contributed by atoms with van der Waals surface area (Å²) in [5.74, 6) is -1.02. The number of fused-ring (bicyclic) bond motifs is 2. The molecular weight excluding hydrogens is 550 g/mol. The van der Waals surface area contributed by atoms with Gasteiger partial charge in [-0.15, -0.1) is 0 Å². The van der Waals surface area contributed by atoms with Crippen LogP contribution in [0.3, 0.4) is 0 Å². The van der Waals surface area contributed by atoms with E-state index in [1.165, 1.54) is 28.3 Å². The van der Waals surface area contributed by atoms with Crippen molar-refractivity contribution in [1.29, 1.82) is 0 Å². The standard InChI is InChI=1S/C29H29N3O6S2/c1-37-19-12-11-17(15-20(19)38-2)22-23-24(27(35)32(26(23)34)18-9-5-3-6-10-18)39-28-25(22)40-29(36)31(28)16-21(33)30-13-7-4-8-14-30/h3,5-6,9-12,15,22-24H,4,7-8,13-14,16H2,1-2H3/t22-,23-,24+/m0/s1. The van der Waals surface area contributed by atoms with E-state index in [-0.39, 0.29) is 29.1 Å². The van der Waals surface area contributed by atoms with E-state index in [2.05, 4.69) is 0 Å². The Morgan fingerprint density at radius 2 is 1.65 bits per heavy atom. The predicted octanol–water partition coefficient (Wildman–Crippen LogP) is 3.74. The third-order valence-electron chi connectivity index (χ3n) is 7.83. The number of piperidine rings is 1. The zero-order valence-corrected chi connectivity index (χ0v) is 23.8. The van der Waals surface area contributed by atoms with Crippen molar-refractivity contribution in [3.8, 4) is 11.5 Å². The molecule has 11 heteroatoms. The Balaban J connectivity index is 1.46. The van der Waals surface area contributed by atoms with Gasteiger partial charge in [-0.2, -0.15) is 0 Å². The van der Waals surface area contributed by atoms with Crippen LogP contribution in [0.25, 0.3) is 0 Å². The third kappa shape index (κ3) is 4.41. The van der Waals surface area contributed by atoms with Gasteiger partial charge in [0.25, 0.3) is 0 Å². The first-order valence-electron chi connectivity index (χ1n) is 13.3. The van der Waals surface area contributed by atoms with E-state index in [9.17, 15) is 19.2 Å². The summed E-state index contributed by atoms with van der Waals surface area (Å²) in [6, 6.07) is 14.3. The van der Waals surface area contributed by atoms with Crippen molar-refractivity contribution in [2.45, 2.75) is 42.0 Å². The Hall–Kier alpha value is -3.57. The van der Waals surface area contributed by atoms with Gasteiger partial charge in [0.2, 0.25) is 17.7 Å². The van der Waals surface area contributed by atoms with Gasteiger partial charge in [0.15, 0.2) is 11.5 Å². The molecule has 0 bridgehead atoms. The first-order valence-corrected chi connectivity index (χ1v) is 14.9. The maximum Gasteiger partial charge on any atom is 0.308 e. The molecule has 3 atom stereocenters. The summed E-state index contributed by atoms with van der Waals surface area (Å²) in [7, 11) is 3.08. The highest BCUT2D eigenvalue weighted by molar-refractivity contribution is 8.00. The number of ether oxygens (including phenoxy) is 2. The quantitative estimate of drug-likeness (QED) is 0.411. The lowest BCUT2D eigenvalue weighted by molar-refractivity contribution is -0.133. The number of carbonyl (C=O) groups is 3. The number of nitrogens with zero attached hydrogens (tertiary/aromatic N) is 3. The number of rotatable bonds is 6. The van der Waals surface area contributed by atoms with Crippen LogP contribution in [-0.4, -0.2) is 59.7 Å². The van der Waals surface area contributed by atoms with Crippen LogP contribution < -0.4 is 19.2 Å². The summed E-state index contributed by atoms with van der Waals surface area (Å²) >= 11 is 2.27. The van der Waals surface area contributed by atoms with E-state index in [0.29, 0.717) is 40.2 Å². The maximum absolute atomic E-state index is 14.0. The van der Waals surface area contributed by atoms with Crippen LogP contribution in [-0.2, 0) is 20.9 Å². The fourth-order valence-corrected chi connectivity index (χ4v) is 8.64. The highest BCUT2D eigenvalue weighted by Gasteiger charge is 2.57. The van der Waals surface area contributed by atoms with Gasteiger partial charge in [-0.25, -0.2) is 4.90 Å². The second-order valence-electron chi connectivity index (χ2n) is 10.1. The van der Waals surface area contributed by atoms with Crippen LogP contribution in [0.5, 0.6) is 11.5 Å². The Morgan fingerprint density at radius 3 is 2.35 bits per heavy atom. The molecule has 9 nitrogen and oxygen atoms in total. The number of hydrogen-bond acceptors (Lipinski definition) is 8. The summed E-state index contributed by atoms with van der Waals surface area (Å²) in [5.41, 5.74) is 1.25. The normalized spacial score (nSPS) is 22.2. The lowest BCUT2D eigenvalue weighted by Crippen LogP contribution is -2.39. The van der Waals surface area contributed by atoms with Crippen LogP contribution in [0.1, 0.15) is 35.6 Å². The minimum absolute atomic E-state index is 0.0851. The Labute approximate surface area is 239 Å². The molecule has 3 aliphatic rings. The highest BCUT2D eigenvalue weighted by atomic mass is 32.2. The predicted molar refractivity (Wildman–Crippen MR) is 152 cm³/mol. The van der Waals surface area contributed by atoms with Gasteiger partial charge in [-0.3, -0.25) is 23.7 Å². The number of aromatic nitrogens is 1. The minimum Gasteiger partial charge on any atom is -0.493 e. The van der Waals surface area contributed by atoms with Gasteiger partial charge in [0.05, 0.1) is 30.9 Å². The minimum atomic E-state index is -0.747. The molecular formula is C29H29N3O6S2. The average Bonchev–Trinajstić information content (AvgIpc) is 3.43. The summed E-state index contributed by atoms with van der Waals surface area (Å²) in [4.78, 5) is 57.9. The lowest BCUT2D eigenvalue weighted by atomic mass is 9.83. The van der Waals surface area contributed by atoms with Crippen LogP contribution in [0.4, 0.5) is 5.69 Å². The molecule has 4 heterocycles. The number of thioether (sulfide) groups is 1. The van der Waals surface area contributed by atoms with Gasteiger partial charge in [-0.1, -0.05) is 47.4 Å². The molecule has 3 aromatic rings. The second-order valence-corrected chi connectivity index (χ2v) is 12.2. The van der Waals surface area contributed by atoms with E-state index in [4.69, 9.17) is 9.47 Å². The fourth-order valence-electron chi connectivity index (χ4n) is 5.87. The number of amides is 3. The fraction of sp³-hybridized carbons (Fsp3) is 0.379. The molecule has 3 amide bonds. The van der Waals surface area contributed by atoms with Crippen LogP contribution in [0.2, 0.25) is 0 Å². The Bertz CT molecular complexity index is 1530. The van der Waals surface area contributed by atoms with E-state index in [1.807, 2.05) is 17.0 Å². The van der Waals surface area contributed by atoms with Gasteiger partial charge < -0.3 is 14.4 Å². The number of hydrogen-bond donors (Lipinski definition) is 0. The number of para-hydroxylation sites is 1. The monoisotopic (exact) mass is 579 g/mol. The molecule has 0 spiro atoms. The number of benzene rings is 2. The van der Waals surface area contributed by atoms with Crippen molar-refractivity contribution in [3.05, 3.63) is 68.6 Å². The first-order chi connectivity index (χ1) is 19.4. The molecule has 0 radical (unpaired) electrons. The number of carbonyl (C=O) groups excluding carboxylic acids is 3. The maximum atomic E-state index is 14.0. The Kier molecular flexibility index (Phi) is 7.18. The Morgan fingerprint density at radius 1 is 0.925 bits per heavy atom. The van der Waals surface area contributed by atoms with Crippen molar-refractivity contribution in [2.75, 3.05) is 32.2 Å². The summed E-state index contributed by atoms with van der Waals surface area (Å²) in [6.45, 7) is 1.29. The van der Waals surface area contributed by atoms with Crippen molar-refractivity contribution in [2.24, 2.45) is 5.92 Å². The number of imide groups is 1. The smallest absolute Gasteiger partial charge is 0.308 e. The van der Waals surface area contributed by atoms with Gasteiger partial charge in [0.1, 0.15) is 11.8 Å². The lowest BCUT2D eigenvalue weighted by Gasteiger charge is -2.31. The molecule has 6 rings (SSSR count). The van der Waals surface area contributed by atoms with E-state index in [1.54, 1.807) is 43.5 Å². The zero-order valence-electron chi connectivity index (χ0n) is 22.2. The van der Waals surface area contributed by atoms with Gasteiger partial charge in [-0.05, 0) is 49.1 Å². The SMILES string of the molecule is COc1ccc([C@@H]2c3sc(=O)n(CC(=O)N4CCCCC4)c3S[C@H]3C(=O)N(c4ccccc4)C(=O)[C@@H]23)cc1OC. The van der Waals surface area contributed by atoms with E-state index >= 15 is 0 Å². The number of methoxy groups -OCH3 is 2. The van der Waals surface area contributed by atoms with Crippen LogP contribution in [0, 0.1) is 5.92 Å². The van der Waals surface area contributed by atoms with Crippen molar-refractivity contribution >= 4 is 46.5 Å². The molecule has 0 unspecified atom stereocenters. The molecule has 40 heavy (non-hydrogen) atoms. The van der Waals surface area contributed by atoms with Crippen molar-refractivity contribution in [1.82, 2.24) is 9.47 Å². The highest BCUT2D eigenvalue weighted by Crippen LogP contribution is 2.54. The van der Waals surface area contributed by atoms with E-state index in [0.717, 1.165) is 36.2 Å². The molecule has 0 saturated carbocycles.